The molecule has 2 aromatic rings. The van der Waals surface area contributed by atoms with Gasteiger partial charge >= 0.3 is 0 Å². The zero-order valence-corrected chi connectivity index (χ0v) is 16.9. The van der Waals surface area contributed by atoms with Crippen LogP contribution in [0, 0.1) is 5.92 Å². The third-order valence-corrected chi connectivity index (χ3v) is 6.05. The lowest BCUT2D eigenvalue weighted by Gasteiger charge is -2.38. The summed E-state index contributed by atoms with van der Waals surface area (Å²) in [4.78, 5) is 26.5. The summed E-state index contributed by atoms with van der Waals surface area (Å²) in [5.41, 5.74) is 1.39. The number of nitrogens with one attached hydrogen (secondary N) is 1. The van der Waals surface area contributed by atoms with Crippen molar-refractivity contribution in [1.29, 1.82) is 0 Å². The molecule has 0 aromatic heterocycles. The molecule has 9 nitrogen and oxygen atoms in total. The number of hydrogen-bond donors (Lipinski definition) is 2. The largest absolute Gasteiger partial charge is 0.454 e. The topological polar surface area (TPSA) is 128 Å². The lowest BCUT2D eigenvalue weighted by molar-refractivity contribution is -0.128. The number of carbonyl (C=O) groups excluding carboxylic acids is 2. The maximum Gasteiger partial charge on any atom is 0.254 e. The Labute approximate surface area is 173 Å². The van der Waals surface area contributed by atoms with Crippen LogP contribution in [0.25, 0.3) is 0 Å². The van der Waals surface area contributed by atoms with Crippen LogP contribution >= 0.6 is 0 Å². The van der Waals surface area contributed by atoms with Gasteiger partial charge in [0, 0.05) is 25.2 Å². The highest BCUT2D eigenvalue weighted by Gasteiger charge is 2.36. The van der Waals surface area contributed by atoms with E-state index in [1.807, 2.05) is 0 Å². The van der Waals surface area contributed by atoms with E-state index < -0.39 is 10.0 Å². The van der Waals surface area contributed by atoms with Crippen molar-refractivity contribution in [1.82, 2.24) is 10.2 Å². The van der Waals surface area contributed by atoms with Gasteiger partial charge in [0.15, 0.2) is 11.5 Å². The van der Waals surface area contributed by atoms with Gasteiger partial charge in [-0.2, -0.15) is 0 Å². The van der Waals surface area contributed by atoms with E-state index in [0.717, 1.165) is 5.56 Å². The fraction of sp³-hybridized carbons (Fsp3) is 0.300. The summed E-state index contributed by atoms with van der Waals surface area (Å²) in [5.74, 6) is 0.672. The lowest BCUT2D eigenvalue weighted by atomic mass is 9.97. The molecule has 2 aromatic carbocycles. The molecule has 1 saturated heterocycles. The van der Waals surface area contributed by atoms with Crippen molar-refractivity contribution >= 4 is 21.8 Å². The van der Waals surface area contributed by atoms with Gasteiger partial charge in [-0.25, -0.2) is 13.6 Å². The van der Waals surface area contributed by atoms with E-state index in [1.165, 1.54) is 12.1 Å². The van der Waals surface area contributed by atoms with Gasteiger partial charge in [0.05, 0.1) is 10.8 Å². The molecule has 0 atom stereocenters. The van der Waals surface area contributed by atoms with Crippen LogP contribution in [0.3, 0.4) is 0 Å². The van der Waals surface area contributed by atoms with Crippen LogP contribution in [-0.2, 0) is 21.2 Å². The molecule has 2 heterocycles. The molecule has 30 heavy (non-hydrogen) atoms. The Bertz CT molecular complexity index is 1080. The molecule has 0 spiro atoms. The SMILES string of the molecule is NS(=O)(=O)c1ccc(CCNC(=O)C2CN(C(=O)c3ccc4c(c3)OCO4)C2)cc1. The number of amides is 2. The number of ether oxygens (including phenoxy) is 2. The molecule has 2 aliphatic rings. The van der Waals surface area contributed by atoms with Crippen molar-refractivity contribution < 1.29 is 27.5 Å². The van der Waals surface area contributed by atoms with Crippen molar-refractivity contribution in [3.63, 3.8) is 0 Å². The molecule has 0 saturated carbocycles. The van der Waals surface area contributed by atoms with Gasteiger partial charge < -0.3 is 19.7 Å². The molecule has 158 valence electrons. The summed E-state index contributed by atoms with van der Waals surface area (Å²) < 4.78 is 33.0. The Morgan fingerprint density at radius 3 is 2.47 bits per heavy atom. The van der Waals surface area contributed by atoms with Gasteiger partial charge in [0.2, 0.25) is 22.7 Å². The summed E-state index contributed by atoms with van der Waals surface area (Å²) in [7, 11) is -3.71. The van der Waals surface area contributed by atoms with E-state index in [1.54, 1.807) is 35.2 Å². The van der Waals surface area contributed by atoms with Crippen LogP contribution in [0.4, 0.5) is 0 Å². The molecule has 0 unspecified atom stereocenters. The van der Waals surface area contributed by atoms with Crippen LogP contribution in [-0.4, -0.2) is 51.6 Å². The zero-order chi connectivity index (χ0) is 21.3. The van der Waals surface area contributed by atoms with Crippen LogP contribution in [0.2, 0.25) is 0 Å². The fourth-order valence-electron chi connectivity index (χ4n) is 3.34. The smallest absolute Gasteiger partial charge is 0.254 e. The highest BCUT2D eigenvalue weighted by atomic mass is 32.2. The first-order valence-corrected chi connectivity index (χ1v) is 10.9. The maximum absolute atomic E-state index is 12.5. The molecular formula is C20H21N3O6S. The lowest BCUT2D eigenvalue weighted by Crippen LogP contribution is -2.55. The summed E-state index contributed by atoms with van der Waals surface area (Å²) >= 11 is 0. The predicted octanol–water partition coefficient (Wildman–Crippen LogP) is 0.494. The van der Waals surface area contributed by atoms with Crippen molar-refractivity contribution in [3.8, 4) is 11.5 Å². The van der Waals surface area contributed by atoms with Gasteiger partial charge in [0.1, 0.15) is 0 Å². The monoisotopic (exact) mass is 431 g/mol. The third kappa shape index (κ3) is 4.24. The Balaban J connectivity index is 1.22. The highest BCUT2D eigenvalue weighted by Crippen LogP contribution is 2.33. The number of nitrogens with two attached hydrogens (primary N) is 1. The third-order valence-electron chi connectivity index (χ3n) is 5.12. The first kappa shape index (κ1) is 20.2. The number of primary sulfonamides is 1. The van der Waals surface area contributed by atoms with Gasteiger partial charge in [-0.3, -0.25) is 9.59 Å². The van der Waals surface area contributed by atoms with Crippen molar-refractivity contribution in [2.45, 2.75) is 11.3 Å². The Kier molecular flexibility index (Phi) is 5.35. The quantitative estimate of drug-likeness (QED) is 0.685. The van der Waals surface area contributed by atoms with Crippen molar-refractivity contribution in [2.75, 3.05) is 26.4 Å². The van der Waals surface area contributed by atoms with Gasteiger partial charge in [-0.1, -0.05) is 12.1 Å². The van der Waals surface area contributed by atoms with Crippen LogP contribution in [0.15, 0.2) is 47.4 Å². The van der Waals surface area contributed by atoms with E-state index in [2.05, 4.69) is 5.32 Å². The molecule has 0 radical (unpaired) electrons. The number of likely N-dealkylation sites (tertiary alicyclic amines) is 1. The van der Waals surface area contributed by atoms with Gasteiger partial charge in [-0.15, -0.1) is 0 Å². The minimum atomic E-state index is -3.71. The predicted molar refractivity (Wildman–Crippen MR) is 106 cm³/mol. The van der Waals surface area contributed by atoms with Crippen molar-refractivity contribution in [2.24, 2.45) is 11.1 Å². The zero-order valence-electron chi connectivity index (χ0n) is 16.0. The number of benzene rings is 2. The van der Waals surface area contributed by atoms with Gasteiger partial charge in [-0.05, 0) is 42.3 Å². The summed E-state index contributed by atoms with van der Waals surface area (Å²) in [6.07, 6.45) is 0.559. The standard InChI is InChI=1S/C20H21N3O6S/c21-30(26,27)16-4-1-13(2-5-16)7-8-22-19(24)15-10-23(11-15)20(25)14-3-6-17-18(9-14)29-12-28-17/h1-6,9,15H,7-8,10-12H2,(H,22,24)(H2,21,26,27). The molecule has 3 N–H and O–H groups in total. The number of rotatable bonds is 6. The average molecular weight is 431 g/mol. The molecule has 4 rings (SSSR count). The van der Waals surface area contributed by atoms with E-state index in [-0.39, 0.29) is 29.4 Å². The van der Waals surface area contributed by atoms with Crippen LogP contribution in [0.1, 0.15) is 15.9 Å². The molecule has 2 aliphatic heterocycles. The Morgan fingerprint density at radius 2 is 1.77 bits per heavy atom. The molecular weight excluding hydrogens is 410 g/mol. The number of carbonyl (C=O) groups is 2. The van der Waals surface area contributed by atoms with E-state index in [9.17, 15) is 18.0 Å². The first-order valence-electron chi connectivity index (χ1n) is 9.39. The fourth-order valence-corrected chi connectivity index (χ4v) is 3.86. The Morgan fingerprint density at radius 1 is 1.07 bits per heavy atom. The summed E-state index contributed by atoms with van der Waals surface area (Å²) in [6, 6.07) is 11.3. The maximum atomic E-state index is 12.5. The average Bonchev–Trinajstić information content (AvgIpc) is 3.14. The summed E-state index contributed by atoms with van der Waals surface area (Å²) in [5, 5.41) is 7.93. The minimum absolute atomic E-state index is 0.0528. The van der Waals surface area contributed by atoms with Gasteiger partial charge in [0.25, 0.3) is 5.91 Å². The molecule has 2 amide bonds. The second-order valence-electron chi connectivity index (χ2n) is 7.21. The molecule has 0 bridgehead atoms. The number of nitrogens with zero attached hydrogens (tertiary/aromatic N) is 1. The Hall–Kier alpha value is -3.11. The summed E-state index contributed by atoms with van der Waals surface area (Å²) in [6.45, 7) is 1.29. The minimum Gasteiger partial charge on any atom is -0.454 e. The number of hydrogen-bond acceptors (Lipinski definition) is 6. The van der Waals surface area contributed by atoms with E-state index in [0.29, 0.717) is 43.1 Å². The highest BCUT2D eigenvalue weighted by molar-refractivity contribution is 7.89. The van der Waals surface area contributed by atoms with E-state index >= 15 is 0 Å². The second kappa shape index (κ2) is 7.96. The van der Waals surface area contributed by atoms with Crippen LogP contribution < -0.4 is 19.9 Å². The first-order chi connectivity index (χ1) is 14.3. The van der Waals surface area contributed by atoms with E-state index in [4.69, 9.17) is 14.6 Å². The second-order valence-corrected chi connectivity index (χ2v) is 8.77. The molecule has 0 aliphatic carbocycles. The van der Waals surface area contributed by atoms with Crippen LogP contribution in [0.5, 0.6) is 11.5 Å². The van der Waals surface area contributed by atoms with Crippen molar-refractivity contribution in [3.05, 3.63) is 53.6 Å². The number of fused-ring (bicyclic) bond motifs is 1. The molecule has 10 heteroatoms. The molecule has 1 fully saturated rings. The normalized spacial score (nSPS) is 15.6. The number of sulfonamides is 1.